The highest BCUT2D eigenvalue weighted by molar-refractivity contribution is 5.74. The zero-order valence-electron chi connectivity index (χ0n) is 16.6. The summed E-state index contributed by atoms with van der Waals surface area (Å²) in [5.74, 6) is 0.777. The van der Waals surface area contributed by atoms with Crippen LogP contribution < -0.4 is 15.5 Å². The molecule has 0 atom stereocenters. The Bertz CT molecular complexity index is 814. The Labute approximate surface area is 171 Å². The lowest BCUT2D eigenvalue weighted by Gasteiger charge is -2.33. The van der Waals surface area contributed by atoms with Gasteiger partial charge in [0.2, 0.25) is 0 Å². The van der Waals surface area contributed by atoms with Crippen molar-refractivity contribution < 1.29 is 9.18 Å². The summed E-state index contributed by atoms with van der Waals surface area (Å²) >= 11 is 0. The molecule has 1 aromatic heterocycles. The van der Waals surface area contributed by atoms with Crippen molar-refractivity contribution in [3.05, 3.63) is 54.0 Å². The third kappa shape index (κ3) is 4.96. The van der Waals surface area contributed by atoms with Crippen molar-refractivity contribution in [1.82, 2.24) is 15.2 Å². The van der Waals surface area contributed by atoms with Gasteiger partial charge in [-0.1, -0.05) is 18.2 Å². The maximum absolute atomic E-state index is 13.8. The molecular weight excluding hydrogens is 369 g/mol. The minimum Gasteiger partial charge on any atom is -0.380 e. The Morgan fingerprint density at radius 2 is 1.83 bits per heavy atom. The second kappa shape index (κ2) is 9.11. The van der Waals surface area contributed by atoms with Gasteiger partial charge >= 0.3 is 6.03 Å². The maximum Gasteiger partial charge on any atom is 0.317 e. The van der Waals surface area contributed by atoms with Crippen LogP contribution in [0.15, 0.2) is 42.6 Å². The van der Waals surface area contributed by atoms with Crippen molar-refractivity contribution in [1.29, 1.82) is 0 Å². The number of piperidine rings is 1. The first-order valence-corrected chi connectivity index (χ1v) is 10.4. The summed E-state index contributed by atoms with van der Waals surface area (Å²) in [6.45, 7) is 3.93. The number of hydrogen-bond donors (Lipinski definition) is 2. The van der Waals surface area contributed by atoms with Crippen molar-refractivity contribution in [2.45, 2.75) is 38.3 Å². The summed E-state index contributed by atoms with van der Waals surface area (Å²) in [6, 6.07) is 10.9. The van der Waals surface area contributed by atoms with E-state index in [9.17, 15) is 9.18 Å². The van der Waals surface area contributed by atoms with Gasteiger partial charge in [0.25, 0.3) is 0 Å². The van der Waals surface area contributed by atoms with Crippen LogP contribution in [0.4, 0.5) is 20.7 Å². The number of likely N-dealkylation sites (tertiary alicyclic amines) is 1. The van der Waals surface area contributed by atoms with Crippen LogP contribution in [0.2, 0.25) is 0 Å². The molecule has 2 aliphatic rings. The molecule has 2 aliphatic heterocycles. The van der Waals surface area contributed by atoms with Crippen LogP contribution in [0.25, 0.3) is 0 Å². The molecule has 6 nitrogen and oxygen atoms in total. The first-order chi connectivity index (χ1) is 14.2. The Morgan fingerprint density at radius 3 is 2.52 bits per heavy atom. The quantitative estimate of drug-likeness (QED) is 0.809. The van der Waals surface area contributed by atoms with Crippen LogP contribution in [0.1, 0.15) is 31.2 Å². The molecule has 7 heteroatoms. The number of carbonyl (C=O) groups excluding carboxylic acids is 1. The monoisotopic (exact) mass is 397 g/mol. The standard InChI is InChI=1S/C22H28FN5O/c23-19-5-1-2-6-20(19)26-18-9-13-28(14-10-18)22(29)25-16-17-7-8-21(24-15-17)27-11-3-4-12-27/h1-2,5-8,15,18,26H,3-4,9-14,16H2,(H,25,29). The molecule has 2 fully saturated rings. The van der Waals surface area contributed by atoms with Crippen LogP contribution in [0.3, 0.4) is 0 Å². The minimum atomic E-state index is -0.239. The number of nitrogens with one attached hydrogen (secondary N) is 2. The molecule has 1 aromatic carbocycles. The predicted octanol–water partition coefficient (Wildman–Crippen LogP) is 3.61. The lowest BCUT2D eigenvalue weighted by atomic mass is 10.0. The number of nitrogens with zero attached hydrogens (tertiary/aromatic N) is 3. The van der Waals surface area contributed by atoms with E-state index in [2.05, 4.69) is 20.5 Å². The lowest BCUT2D eigenvalue weighted by Crippen LogP contribution is -2.46. The topological polar surface area (TPSA) is 60.5 Å². The number of halogens is 1. The van der Waals surface area contributed by atoms with Gasteiger partial charge in [0.05, 0.1) is 5.69 Å². The zero-order chi connectivity index (χ0) is 20.1. The van der Waals surface area contributed by atoms with Gasteiger partial charge in [0.1, 0.15) is 11.6 Å². The molecule has 0 aliphatic carbocycles. The summed E-state index contributed by atoms with van der Waals surface area (Å²) in [7, 11) is 0. The average Bonchev–Trinajstić information content (AvgIpc) is 3.29. The highest BCUT2D eigenvalue weighted by Crippen LogP contribution is 2.20. The largest absolute Gasteiger partial charge is 0.380 e. The molecule has 0 bridgehead atoms. The molecule has 3 heterocycles. The smallest absolute Gasteiger partial charge is 0.317 e. The number of amides is 2. The average molecular weight is 397 g/mol. The van der Waals surface area contributed by atoms with E-state index in [1.807, 2.05) is 29.3 Å². The molecule has 154 valence electrons. The molecule has 2 saturated heterocycles. The fourth-order valence-electron chi connectivity index (χ4n) is 3.97. The number of para-hydroxylation sites is 1. The van der Waals surface area contributed by atoms with E-state index < -0.39 is 0 Å². The van der Waals surface area contributed by atoms with Crippen LogP contribution in [-0.4, -0.2) is 48.1 Å². The first kappa shape index (κ1) is 19.5. The lowest BCUT2D eigenvalue weighted by molar-refractivity contribution is 0.183. The first-order valence-electron chi connectivity index (χ1n) is 10.4. The van der Waals surface area contributed by atoms with Gasteiger partial charge in [0.15, 0.2) is 0 Å². The molecule has 0 radical (unpaired) electrons. The van der Waals surface area contributed by atoms with Crippen molar-refractivity contribution >= 4 is 17.5 Å². The number of pyridine rings is 1. The number of benzene rings is 1. The van der Waals surface area contributed by atoms with Crippen molar-refractivity contribution in [2.75, 3.05) is 36.4 Å². The second-order valence-corrected chi connectivity index (χ2v) is 7.76. The number of carbonyl (C=O) groups is 1. The van der Waals surface area contributed by atoms with Crippen LogP contribution in [0, 0.1) is 5.82 Å². The summed E-state index contributed by atoms with van der Waals surface area (Å²) in [6.07, 6.45) is 5.90. The van der Waals surface area contributed by atoms with Gasteiger partial charge in [0, 0.05) is 45.0 Å². The molecule has 0 saturated carbocycles. The summed E-state index contributed by atoms with van der Waals surface area (Å²) in [5.41, 5.74) is 1.53. The van der Waals surface area contributed by atoms with Crippen molar-refractivity contribution in [3.8, 4) is 0 Å². The fraction of sp³-hybridized carbons (Fsp3) is 0.455. The van der Waals surface area contributed by atoms with Crippen molar-refractivity contribution in [2.24, 2.45) is 0 Å². The minimum absolute atomic E-state index is 0.0574. The Morgan fingerprint density at radius 1 is 1.07 bits per heavy atom. The van der Waals surface area contributed by atoms with Gasteiger partial charge in [-0.05, 0) is 49.4 Å². The summed E-state index contributed by atoms with van der Waals surface area (Å²) in [4.78, 5) is 21.1. The summed E-state index contributed by atoms with van der Waals surface area (Å²) in [5, 5.41) is 6.23. The number of anilines is 2. The predicted molar refractivity (Wildman–Crippen MR) is 113 cm³/mol. The Kier molecular flexibility index (Phi) is 6.12. The second-order valence-electron chi connectivity index (χ2n) is 7.76. The third-order valence-corrected chi connectivity index (χ3v) is 5.70. The van der Waals surface area contributed by atoms with Crippen LogP contribution in [0.5, 0.6) is 0 Å². The van der Waals surface area contributed by atoms with Crippen molar-refractivity contribution in [3.63, 3.8) is 0 Å². The van der Waals surface area contributed by atoms with Crippen LogP contribution >= 0.6 is 0 Å². The zero-order valence-corrected chi connectivity index (χ0v) is 16.6. The number of hydrogen-bond acceptors (Lipinski definition) is 4. The van der Waals surface area contributed by atoms with E-state index in [4.69, 9.17) is 0 Å². The molecular formula is C22H28FN5O. The molecule has 2 N–H and O–H groups in total. The highest BCUT2D eigenvalue weighted by Gasteiger charge is 2.23. The van der Waals surface area contributed by atoms with E-state index in [0.717, 1.165) is 37.3 Å². The highest BCUT2D eigenvalue weighted by atomic mass is 19.1. The molecule has 2 amide bonds. The van der Waals surface area contributed by atoms with Gasteiger partial charge in [-0.3, -0.25) is 0 Å². The summed E-state index contributed by atoms with van der Waals surface area (Å²) < 4.78 is 13.8. The molecule has 2 aromatic rings. The maximum atomic E-state index is 13.8. The van der Waals surface area contributed by atoms with E-state index in [1.54, 1.807) is 12.1 Å². The number of urea groups is 1. The Hall–Kier alpha value is -2.83. The normalized spacial score (nSPS) is 17.4. The molecule has 0 spiro atoms. The number of aromatic nitrogens is 1. The van der Waals surface area contributed by atoms with Gasteiger partial charge in [-0.25, -0.2) is 14.2 Å². The van der Waals surface area contributed by atoms with E-state index in [0.29, 0.717) is 25.3 Å². The fourth-order valence-corrected chi connectivity index (χ4v) is 3.97. The third-order valence-electron chi connectivity index (χ3n) is 5.70. The van der Waals surface area contributed by atoms with Gasteiger partial charge in [-0.2, -0.15) is 0 Å². The van der Waals surface area contributed by atoms with E-state index >= 15 is 0 Å². The van der Waals surface area contributed by atoms with E-state index in [-0.39, 0.29) is 17.9 Å². The SMILES string of the molecule is O=C(NCc1ccc(N2CCCC2)nc1)N1CCC(Nc2ccccc2F)CC1. The van der Waals surface area contributed by atoms with Crippen LogP contribution in [-0.2, 0) is 6.54 Å². The number of rotatable bonds is 5. The van der Waals surface area contributed by atoms with Gasteiger partial charge < -0.3 is 20.4 Å². The molecule has 0 unspecified atom stereocenters. The molecule has 4 rings (SSSR count). The Balaban J connectivity index is 1.21. The van der Waals surface area contributed by atoms with E-state index in [1.165, 1.54) is 18.9 Å². The van der Waals surface area contributed by atoms with Gasteiger partial charge in [-0.15, -0.1) is 0 Å². The molecule has 29 heavy (non-hydrogen) atoms.